The first-order chi connectivity index (χ1) is 12.2. The highest BCUT2D eigenvalue weighted by molar-refractivity contribution is 9.10. The van der Waals surface area contributed by atoms with Crippen LogP contribution in [0.25, 0.3) is 5.65 Å². The first-order valence-electron chi connectivity index (χ1n) is 8.68. The number of imidazole rings is 1. The van der Waals surface area contributed by atoms with Crippen LogP contribution in [0.2, 0.25) is 0 Å². The second-order valence-electron chi connectivity index (χ2n) is 6.61. The summed E-state index contributed by atoms with van der Waals surface area (Å²) in [5, 5.41) is 2.98. The summed E-state index contributed by atoms with van der Waals surface area (Å²) in [5.74, 6) is 0.0361. The van der Waals surface area contributed by atoms with Crippen LogP contribution >= 0.6 is 15.9 Å². The van der Waals surface area contributed by atoms with Crippen molar-refractivity contribution in [1.29, 1.82) is 0 Å². The van der Waals surface area contributed by atoms with E-state index in [2.05, 4.69) is 44.4 Å². The van der Waals surface area contributed by atoms with E-state index in [9.17, 15) is 4.79 Å². The van der Waals surface area contributed by atoms with E-state index in [1.807, 2.05) is 28.9 Å². The van der Waals surface area contributed by atoms with Crippen molar-refractivity contribution in [3.8, 4) is 0 Å². The Hall–Kier alpha value is -2.14. The Morgan fingerprint density at radius 3 is 2.84 bits per heavy atom. The second kappa shape index (κ2) is 7.00. The molecule has 4 nitrogen and oxygen atoms in total. The standard InChI is InChI=1S/C20H20BrN3O/c21-17-7-8-19-23-18(13-24(19)12-17)11-22-20(25)10-14-5-6-15-3-1-2-4-16(15)9-14/h5-9,12-13H,1-4,10-11H2,(H,22,25). The summed E-state index contributed by atoms with van der Waals surface area (Å²) in [6.07, 6.45) is 9.18. The van der Waals surface area contributed by atoms with Crippen molar-refractivity contribution in [1.82, 2.24) is 14.7 Å². The van der Waals surface area contributed by atoms with E-state index >= 15 is 0 Å². The van der Waals surface area contributed by atoms with Gasteiger partial charge in [-0.05, 0) is 70.4 Å². The lowest BCUT2D eigenvalue weighted by Gasteiger charge is -2.16. The van der Waals surface area contributed by atoms with Crippen LogP contribution in [0.1, 0.15) is 35.2 Å². The molecule has 5 heteroatoms. The summed E-state index contributed by atoms with van der Waals surface area (Å²) >= 11 is 3.45. The Morgan fingerprint density at radius 1 is 1.12 bits per heavy atom. The van der Waals surface area contributed by atoms with Gasteiger partial charge in [0.25, 0.3) is 0 Å². The van der Waals surface area contributed by atoms with Crippen LogP contribution in [0.5, 0.6) is 0 Å². The maximum absolute atomic E-state index is 12.3. The van der Waals surface area contributed by atoms with E-state index in [4.69, 9.17) is 0 Å². The molecule has 0 fully saturated rings. The number of halogens is 1. The molecule has 2 aromatic heterocycles. The van der Waals surface area contributed by atoms with Gasteiger partial charge >= 0.3 is 0 Å². The minimum Gasteiger partial charge on any atom is -0.350 e. The number of aromatic nitrogens is 2. The molecule has 0 spiro atoms. The number of hydrogen-bond donors (Lipinski definition) is 1. The van der Waals surface area contributed by atoms with Crippen molar-refractivity contribution in [3.05, 3.63) is 69.6 Å². The first-order valence-corrected chi connectivity index (χ1v) is 9.47. The van der Waals surface area contributed by atoms with E-state index in [1.54, 1.807) is 0 Å². The number of carbonyl (C=O) groups is 1. The lowest BCUT2D eigenvalue weighted by Crippen LogP contribution is -2.24. The summed E-state index contributed by atoms with van der Waals surface area (Å²) in [6.45, 7) is 0.447. The lowest BCUT2D eigenvalue weighted by atomic mass is 9.90. The molecule has 0 radical (unpaired) electrons. The van der Waals surface area contributed by atoms with Gasteiger partial charge in [0.2, 0.25) is 5.91 Å². The van der Waals surface area contributed by atoms with Crippen molar-refractivity contribution < 1.29 is 4.79 Å². The van der Waals surface area contributed by atoms with Gasteiger partial charge in [0.05, 0.1) is 18.7 Å². The zero-order valence-corrected chi connectivity index (χ0v) is 15.6. The molecule has 2 heterocycles. The normalized spacial score (nSPS) is 13.6. The average molecular weight is 398 g/mol. The Morgan fingerprint density at radius 2 is 1.96 bits per heavy atom. The lowest BCUT2D eigenvalue weighted by molar-refractivity contribution is -0.120. The number of carbonyl (C=O) groups excluding carboxylic acids is 1. The molecule has 1 aliphatic rings. The van der Waals surface area contributed by atoms with Gasteiger partial charge in [0.1, 0.15) is 5.65 Å². The van der Waals surface area contributed by atoms with E-state index in [-0.39, 0.29) is 5.91 Å². The van der Waals surface area contributed by atoms with E-state index < -0.39 is 0 Å². The molecule has 0 bridgehead atoms. The number of amides is 1. The molecule has 1 amide bonds. The Bertz CT molecular complexity index is 932. The zero-order valence-electron chi connectivity index (χ0n) is 14.0. The van der Waals surface area contributed by atoms with Gasteiger partial charge in [0, 0.05) is 16.9 Å². The summed E-state index contributed by atoms with van der Waals surface area (Å²) in [6, 6.07) is 10.4. The number of benzene rings is 1. The summed E-state index contributed by atoms with van der Waals surface area (Å²) in [4.78, 5) is 16.8. The van der Waals surface area contributed by atoms with Gasteiger partial charge in [-0.3, -0.25) is 4.79 Å². The SMILES string of the molecule is O=C(Cc1ccc2c(c1)CCCC2)NCc1cn2cc(Br)ccc2n1. The number of nitrogens with zero attached hydrogens (tertiary/aromatic N) is 2. The van der Waals surface area contributed by atoms with Crippen LogP contribution in [-0.4, -0.2) is 15.3 Å². The summed E-state index contributed by atoms with van der Waals surface area (Å²) < 4.78 is 2.95. The van der Waals surface area contributed by atoms with Crippen molar-refractivity contribution in [2.24, 2.45) is 0 Å². The third kappa shape index (κ3) is 3.76. The molecule has 3 aromatic rings. The molecule has 128 valence electrons. The highest BCUT2D eigenvalue weighted by Crippen LogP contribution is 2.22. The largest absolute Gasteiger partial charge is 0.350 e. The number of aryl methyl sites for hydroxylation is 2. The molecule has 0 aliphatic heterocycles. The van der Waals surface area contributed by atoms with Gasteiger partial charge in [0.15, 0.2) is 0 Å². The van der Waals surface area contributed by atoms with Crippen LogP contribution in [0.3, 0.4) is 0 Å². The third-order valence-corrected chi connectivity index (χ3v) is 5.18. The number of rotatable bonds is 4. The van der Waals surface area contributed by atoms with Gasteiger partial charge < -0.3 is 9.72 Å². The molecule has 25 heavy (non-hydrogen) atoms. The van der Waals surface area contributed by atoms with E-state index in [0.29, 0.717) is 13.0 Å². The third-order valence-electron chi connectivity index (χ3n) is 4.71. The predicted octanol–water partition coefficient (Wildman–Crippen LogP) is 3.83. The Kier molecular flexibility index (Phi) is 4.57. The predicted molar refractivity (Wildman–Crippen MR) is 102 cm³/mol. The van der Waals surface area contributed by atoms with Gasteiger partial charge in [-0.2, -0.15) is 0 Å². The molecule has 1 N–H and O–H groups in total. The van der Waals surface area contributed by atoms with Gasteiger partial charge in [-0.1, -0.05) is 18.2 Å². The number of hydrogen-bond acceptors (Lipinski definition) is 2. The topological polar surface area (TPSA) is 46.4 Å². The smallest absolute Gasteiger partial charge is 0.224 e. The second-order valence-corrected chi connectivity index (χ2v) is 7.52. The molecule has 1 aromatic carbocycles. The molecule has 0 saturated heterocycles. The van der Waals surface area contributed by atoms with Crippen LogP contribution < -0.4 is 5.32 Å². The maximum Gasteiger partial charge on any atom is 0.224 e. The Balaban J connectivity index is 1.38. The first kappa shape index (κ1) is 16.3. The average Bonchev–Trinajstić information content (AvgIpc) is 3.02. The summed E-state index contributed by atoms with van der Waals surface area (Å²) in [5.41, 5.74) is 5.70. The van der Waals surface area contributed by atoms with Crippen molar-refractivity contribution >= 4 is 27.5 Å². The van der Waals surface area contributed by atoms with Crippen LogP contribution in [0.15, 0.2) is 47.2 Å². The maximum atomic E-state index is 12.3. The highest BCUT2D eigenvalue weighted by atomic mass is 79.9. The molecule has 0 atom stereocenters. The van der Waals surface area contributed by atoms with E-state index in [1.165, 1.54) is 30.4 Å². The van der Waals surface area contributed by atoms with Crippen LogP contribution in [-0.2, 0) is 30.6 Å². The van der Waals surface area contributed by atoms with Crippen molar-refractivity contribution in [2.75, 3.05) is 0 Å². The fourth-order valence-electron chi connectivity index (χ4n) is 3.44. The number of nitrogens with one attached hydrogen (secondary N) is 1. The van der Waals surface area contributed by atoms with E-state index in [0.717, 1.165) is 27.8 Å². The quantitative estimate of drug-likeness (QED) is 0.726. The monoisotopic (exact) mass is 397 g/mol. The Labute approximate surface area is 155 Å². The van der Waals surface area contributed by atoms with Gasteiger partial charge in [-0.15, -0.1) is 0 Å². The van der Waals surface area contributed by atoms with Crippen molar-refractivity contribution in [3.63, 3.8) is 0 Å². The fraction of sp³-hybridized carbons (Fsp3) is 0.300. The molecule has 0 saturated carbocycles. The minimum atomic E-state index is 0.0361. The highest BCUT2D eigenvalue weighted by Gasteiger charge is 2.11. The van der Waals surface area contributed by atoms with Crippen LogP contribution in [0.4, 0.5) is 0 Å². The number of fused-ring (bicyclic) bond motifs is 2. The van der Waals surface area contributed by atoms with Crippen molar-refractivity contribution in [2.45, 2.75) is 38.6 Å². The fourth-order valence-corrected chi connectivity index (χ4v) is 3.79. The molecule has 0 unspecified atom stereocenters. The zero-order chi connectivity index (χ0) is 17.2. The summed E-state index contributed by atoms with van der Waals surface area (Å²) in [7, 11) is 0. The molecular weight excluding hydrogens is 378 g/mol. The van der Waals surface area contributed by atoms with Gasteiger partial charge in [-0.25, -0.2) is 4.98 Å². The van der Waals surface area contributed by atoms with Crippen LogP contribution in [0, 0.1) is 0 Å². The molecule has 1 aliphatic carbocycles. The number of pyridine rings is 1. The molecule has 4 rings (SSSR count). The minimum absolute atomic E-state index is 0.0361. The molecular formula is C20H20BrN3O.